The third kappa shape index (κ3) is 4.23. The van der Waals surface area contributed by atoms with Crippen LogP contribution >= 0.6 is 11.3 Å². The predicted octanol–water partition coefficient (Wildman–Crippen LogP) is 3.08. The Labute approximate surface area is 223 Å². The first-order valence-corrected chi connectivity index (χ1v) is 13.4. The molecule has 1 aromatic carbocycles. The van der Waals surface area contributed by atoms with Gasteiger partial charge in [-0.05, 0) is 18.4 Å². The Morgan fingerprint density at radius 3 is 2.68 bits per heavy atom. The number of allylic oxidation sites excluding steroid dienone is 1. The molecule has 2 aliphatic heterocycles. The lowest BCUT2D eigenvalue weighted by atomic mass is 10.0. The van der Waals surface area contributed by atoms with Crippen LogP contribution in [0.1, 0.15) is 48.7 Å². The topological polar surface area (TPSA) is 124 Å². The molecule has 1 saturated heterocycles. The monoisotopic (exact) mass is 541 g/mol. The van der Waals surface area contributed by atoms with Gasteiger partial charge in [-0.15, -0.1) is 15.8 Å². The van der Waals surface area contributed by atoms with Gasteiger partial charge in [-0.2, -0.15) is 0 Å². The van der Waals surface area contributed by atoms with Gasteiger partial charge in [0.2, 0.25) is 18.5 Å². The van der Waals surface area contributed by atoms with Crippen molar-refractivity contribution < 1.29 is 37.9 Å². The summed E-state index contributed by atoms with van der Waals surface area (Å²) in [4.78, 5) is 58.6. The molecule has 4 amide bonds. The van der Waals surface area contributed by atoms with Crippen LogP contribution in [0.15, 0.2) is 47.4 Å². The molecule has 1 saturated carbocycles. The maximum absolute atomic E-state index is 13.7. The van der Waals surface area contributed by atoms with Crippen LogP contribution < -0.4 is 10.2 Å². The van der Waals surface area contributed by atoms with E-state index in [1.807, 2.05) is 30.3 Å². The molecule has 200 valence electrons. The zero-order valence-corrected chi connectivity index (χ0v) is 22.0. The quantitative estimate of drug-likeness (QED) is 0.307. The van der Waals surface area contributed by atoms with Gasteiger partial charge in [0.25, 0.3) is 0 Å². The van der Waals surface area contributed by atoms with Crippen LogP contribution in [0, 0.1) is 0 Å². The second-order valence-corrected chi connectivity index (χ2v) is 10.1. The van der Waals surface area contributed by atoms with Crippen molar-refractivity contribution >= 4 is 40.3 Å². The molecule has 0 bridgehead atoms. The van der Waals surface area contributed by atoms with Crippen LogP contribution in [0.25, 0.3) is 0 Å². The fraction of sp³-hybridized carbons (Fsp3) is 0.423. The summed E-state index contributed by atoms with van der Waals surface area (Å²) >= 11 is 1.14. The largest absolute Gasteiger partial charge is 0.464 e. The number of urea groups is 1. The van der Waals surface area contributed by atoms with Crippen molar-refractivity contribution in [3.63, 3.8) is 0 Å². The maximum Gasteiger partial charge on any atom is 0.432 e. The van der Waals surface area contributed by atoms with Crippen molar-refractivity contribution in [1.29, 1.82) is 0 Å². The normalized spacial score (nSPS) is 24.7. The zero-order chi connectivity index (χ0) is 26.9. The fourth-order valence-electron chi connectivity index (χ4n) is 5.56. The highest BCUT2D eigenvalue weighted by Gasteiger charge is 2.66. The minimum absolute atomic E-state index is 0.0928. The highest BCUT2D eigenvalue weighted by molar-refractivity contribution is 7.14. The molecule has 3 aliphatic rings. The standard InChI is InChI=1S/C26H28N4O7S/c1-3-21(31)29(25-28-17(14-38-25)24(33)35-2)18-10-7-11-19(18)30(22(32)13-27-26(30)34)23-20(36-15-37-23)12-16-8-5-4-6-9-16/h4-6,8-9,14,18-19H,3,7,10-13,15H2,1-2H3/p+1. The molecular formula is C26H29N4O7S+. The number of rotatable bonds is 8. The Morgan fingerprint density at radius 1 is 1.21 bits per heavy atom. The highest BCUT2D eigenvalue weighted by atomic mass is 32.1. The van der Waals surface area contributed by atoms with Crippen LogP contribution in [0.4, 0.5) is 9.93 Å². The number of quaternary nitrogens is 1. The number of thiazole rings is 1. The van der Waals surface area contributed by atoms with Gasteiger partial charge < -0.3 is 14.2 Å². The number of nitrogens with zero attached hydrogens (tertiary/aromatic N) is 3. The van der Waals surface area contributed by atoms with Crippen LogP contribution in [-0.2, 0) is 30.2 Å². The third-order valence-electron chi connectivity index (χ3n) is 7.24. The molecule has 0 radical (unpaired) electrons. The van der Waals surface area contributed by atoms with E-state index in [9.17, 15) is 19.2 Å². The molecule has 38 heavy (non-hydrogen) atoms. The number of amides is 4. The second-order valence-electron chi connectivity index (χ2n) is 9.26. The first kappa shape index (κ1) is 25.9. The van der Waals surface area contributed by atoms with Gasteiger partial charge >= 0.3 is 23.8 Å². The highest BCUT2D eigenvalue weighted by Crippen LogP contribution is 2.44. The second kappa shape index (κ2) is 10.5. The van der Waals surface area contributed by atoms with Gasteiger partial charge in [-0.3, -0.25) is 15.0 Å². The van der Waals surface area contributed by atoms with Crippen molar-refractivity contribution in [1.82, 2.24) is 10.3 Å². The zero-order valence-electron chi connectivity index (χ0n) is 21.2. The van der Waals surface area contributed by atoms with Gasteiger partial charge in [0.1, 0.15) is 12.6 Å². The van der Waals surface area contributed by atoms with Gasteiger partial charge in [0, 0.05) is 24.6 Å². The number of carbonyl (C=O) groups excluding carboxylic acids is 4. The van der Waals surface area contributed by atoms with E-state index in [0.717, 1.165) is 16.9 Å². The van der Waals surface area contributed by atoms with Crippen molar-refractivity contribution in [3.05, 3.63) is 58.6 Å². The lowest BCUT2D eigenvalue weighted by Gasteiger charge is -2.38. The van der Waals surface area contributed by atoms with Crippen LogP contribution in [0.5, 0.6) is 0 Å². The Kier molecular flexibility index (Phi) is 7.17. The summed E-state index contributed by atoms with van der Waals surface area (Å²) in [6.45, 7) is 1.47. The lowest BCUT2D eigenvalue weighted by molar-refractivity contribution is -0.774. The average molecular weight is 542 g/mol. The fourth-order valence-corrected chi connectivity index (χ4v) is 6.43. The third-order valence-corrected chi connectivity index (χ3v) is 8.08. The summed E-state index contributed by atoms with van der Waals surface area (Å²) in [5.74, 6) is -0.604. The summed E-state index contributed by atoms with van der Waals surface area (Å²) in [6.07, 6.45) is 2.25. The molecule has 2 aromatic rings. The minimum Gasteiger partial charge on any atom is -0.464 e. The van der Waals surface area contributed by atoms with Crippen molar-refractivity contribution in [2.75, 3.05) is 25.3 Å². The molecule has 3 atom stereocenters. The average Bonchev–Trinajstić information content (AvgIpc) is 3.74. The van der Waals surface area contributed by atoms with E-state index in [1.165, 1.54) is 12.5 Å². The molecule has 12 heteroatoms. The van der Waals surface area contributed by atoms with Crippen LogP contribution in [0.2, 0.25) is 0 Å². The number of hydrogen-bond acceptors (Lipinski definition) is 9. The lowest BCUT2D eigenvalue weighted by Crippen LogP contribution is -2.65. The number of carbonyl (C=O) groups is 4. The molecule has 2 fully saturated rings. The first-order valence-electron chi connectivity index (χ1n) is 12.5. The molecule has 1 aliphatic carbocycles. The van der Waals surface area contributed by atoms with Crippen molar-refractivity contribution in [2.24, 2.45) is 0 Å². The van der Waals surface area contributed by atoms with E-state index in [1.54, 1.807) is 11.8 Å². The van der Waals surface area contributed by atoms with Crippen LogP contribution in [-0.4, -0.2) is 65.8 Å². The van der Waals surface area contributed by atoms with Gasteiger partial charge in [-0.25, -0.2) is 19.4 Å². The molecule has 0 spiro atoms. The molecule has 1 aromatic heterocycles. The number of esters is 1. The number of anilines is 1. The minimum atomic E-state index is -0.699. The summed E-state index contributed by atoms with van der Waals surface area (Å²) in [5, 5.41) is 4.56. The number of imide groups is 1. The first-order chi connectivity index (χ1) is 18.4. The van der Waals surface area contributed by atoms with E-state index in [0.29, 0.717) is 36.6 Å². The number of nitrogens with one attached hydrogen (secondary N) is 1. The summed E-state index contributed by atoms with van der Waals surface area (Å²) in [5.41, 5.74) is 1.04. The molecule has 5 rings (SSSR count). The molecule has 11 nitrogen and oxygen atoms in total. The van der Waals surface area contributed by atoms with Gasteiger partial charge in [0.15, 0.2) is 10.8 Å². The van der Waals surface area contributed by atoms with Crippen molar-refractivity contribution in [2.45, 2.75) is 51.1 Å². The van der Waals surface area contributed by atoms with E-state index >= 15 is 0 Å². The van der Waals surface area contributed by atoms with E-state index in [4.69, 9.17) is 14.2 Å². The van der Waals surface area contributed by atoms with Gasteiger partial charge in [-0.1, -0.05) is 37.3 Å². The number of hydrogen-bond donors (Lipinski definition) is 1. The number of benzene rings is 1. The summed E-state index contributed by atoms with van der Waals surface area (Å²) < 4.78 is 15.8. The van der Waals surface area contributed by atoms with E-state index < -0.39 is 28.6 Å². The number of ether oxygens (including phenoxy) is 3. The van der Waals surface area contributed by atoms with Crippen molar-refractivity contribution in [3.8, 4) is 0 Å². The molecular weight excluding hydrogens is 512 g/mol. The predicted molar refractivity (Wildman–Crippen MR) is 136 cm³/mol. The number of aromatic nitrogens is 1. The Morgan fingerprint density at radius 2 is 2.00 bits per heavy atom. The van der Waals surface area contributed by atoms with E-state index in [2.05, 4.69) is 10.3 Å². The molecule has 3 heterocycles. The van der Waals surface area contributed by atoms with Crippen LogP contribution in [0.3, 0.4) is 0 Å². The SMILES string of the molecule is CCC(=O)N(c1nc(C(=O)OC)cs1)C1CCCC1[N+]1(C2=C(Cc3ccccc3)OCO2)C(=O)CNC1=O. The maximum atomic E-state index is 13.7. The summed E-state index contributed by atoms with van der Waals surface area (Å²) in [7, 11) is 1.26. The van der Waals surface area contributed by atoms with Gasteiger partial charge in [0.05, 0.1) is 13.2 Å². The Hall–Kier alpha value is -3.77. The summed E-state index contributed by atoms with van der Waals surface area (Å²) in [6, 6.07) is 7.91. The molecule has 1 N–H and O–H groups in total. The Bertz CT molecular complexity index is 1280. The molecule has 3 unspecified atom stereocenters. The Balaban J connectivity index is 1.60. The number of methoxy groups -OCH3 is 1. The van der Waals surface area contributed by atoms with E-state index in [-0.39, 0.29) is 43.1 Å². The smallest absolute Gasteiger partial charge is 0.432 e.